The van der Waals surface area contributed by atoms with Crippen LogP contribution in [-0.4, -0.2) is 23.8 Å². The summed E-state index contributed by atoms with van der Waals surface area (Å²) in [5.41, 5.74) is 0.578. The molecule has 3 amide bonds. The Balaban J connectivity index is 1.61. The van der Waals surface area contributed by atoms with E-state index >= 15 is 0 Å². The zero-order valence-electron chi connectivity index (χ0n) is 15.4. The van der Waals surface area contributed by atoms with Gasteiger partial charge in [0.15, 0.2) is 0 Å². The highest BCUT2D eigenvalue weighted by molar-refractivity contribution is 7.12. The Labute approximate surface area is 176 Å². The summed E-state index contributed by atoms with van der Waals surface area (Å²) >= 11 is 7.43. The number of thiophene rings is 1. The number of hydrogen-bond acceptors (Lipinski definition) is 5. The molecule has 7 nitrogen and oxygen atoms in total. The van der Waals surface area contributed by atoms with Crippen molar-refractivity contribution in [3.05, 3.63) is 75.3 Å². The van der Waals surface area contributed by atoms with E-state index in [1.165, 1.54) is 35.8 Å². The number of hydrogen-bond donors (Lipinski definition) is 3. The lowest BCUT2D eigenvalue weighted by molar-refractivity contribution is -0.122. The quantitative estimate of drug-likeness (QED) is 0.531. The first-order valence-electron chi connectivity index (χ1n) is 8.69. The second-order valence-corrected chi connectivity index (χ2v) is 7.47. The predicted molar refractivity (Wildman–Crippen MR) is 111 cm³/mol. The average Bonchev–Trinajstić information content (AvgIpc) is 3.41. The van der Waals surface area contributed by atoms with E-state index in [0.717, 1.165) is 0 Å². The molecule has 0 bridgehead atoms. The largest absolute Gasteiger partial charge is 0.467 e. The summed E-state index contributed by atoms with van der Waals surface area (Å²) in [5, 5.41) is 10.1. The lowest BCUT2D eigenvalue weighted by Gasteiger charge is -2.14. The van der Waals surface area contributed by atoms with Crippen LogP contribution in [0, 0.1) is 0 Å². The van der Waals surface area contributed by atoms with E-state index in [-0.39, 0.29) is 23.9 Å². The van der Waals surface area contributed by atoms with Gasteiger partial charge in [-0.25, -0.2) is 0 Å². The molecule has 150 valence electrons. The van der Waals surface area contributed by atoms with Crippen LogP contribution in [0.25, 0.3) is 0 Å². The first kappa shape index (κ1) is 20.6. The van der Waals surface area contributed by atoms with Gasteiger partial charge in [-0.2, -0.15) is 0 Å². The molecule has 0 spiro atoms. The van der Waals surface area contributed by atoms with Crippen LogP contribution in [-0.2, 0) is 11.3 Å². The van der Waals surface area contributed by atoms with E-state index in [1.54, 1.807) is 36.6 Å². The Morgan fingerprint density at radius 2 is 1.97 bits per heavy atom. The molecule has 0 saturated heterocycles. The number of anilines is 1. The summed E-state index contributed by atoms with van der Waals surface area (Å²) < 4.78 is 5.15. The van der Waals surface area contributed by atoms with Gasteiger partial charge < -0.3 is 20.4 Å². The van der Waals surface area contributed by atoms with Crippen LogP contribution in [0.2, 0.25) is 5.02 Å². The second-order valence-electron chi connectivity index (χ2n) is 6.12. The van der Waals surface area contributed by atoms with E-state index < -0.39 is 11.9 Å². The number of carbonyl (C=O) groups is 3. The zero-order chi connectivity index (χ0) is 20.8. The standard InChI is InChI=1S/C20H18ClN3O4S/c1-12(18(25)22-11-14-4-2-8-28-14)23-19(26)13-6-7-15(21)16(10-13)24-20(27)17-5-3-9-29-17/h2-10,12H,11H2,1H3,(H,22,25)(H,23,26)(H,24,27). The molecule has 1 aromatic carbocycles. The van der Waals surface area contributed by atoms with Crippen molar-refractivity contribution in [1.29, 1.82) is 0 Å². The van der Waals surface area contributed by atoms with Crippen LogP contribution in [0.4, 0.5) is 5.69 Å². The minimum atomic E-state index is -0.766. The highest BCUT2D eigenvalue weighted by Gasteiger charge is 2.18. The van der Waals surface area contributed by atoms with E-state index in [9.17, 15) is 14.4 Å². The molecule has 1 atom stereocenters. The summed E-state index contributed by atoms with van der Waals surface area (Å²) in [6.45, 7) is 1.80. The molecule has 1 unspecified atom stereocenters. The van der Waals surface area contributed by atoms with E-state index in [2.05, 4.69) is 16.0 Å². The third kappa shape index (κ3) is 5.46. The number of benzene rings is 1. The first-order chi connectivity index (χ1) is 13.9. The monoisotopic (exact) mass is 431 g/mol. The lowest BCUT2D eigenvalue weighted by Crippen LogP contribution is -2.44. The normalized spacial score (nSPS) is 11.5. The third-order valence-electron chi connectivity index (χ3n) is 3.98. The fourth-order valence-corrected chi connectivity index (χ4v) is 3.22. The van der Waals surface area contributed by atoms with Crippen molar-refractivity contribution < 1.29 is 18.8 Å². The van der Waals surface area contributed by atoms with Crippen molar-refractivity contribution in [2.75, 3.05) is 5.32 Å². The molecule has 3 aromatic rings. The van der Waals surface area contributed by atoms with Gasteiger partial charge in [0, 0.05) is 5.56 Å². The summed E-state index contributed by atoms with van der Waals surface area (Å²) in [6, 6.07) is 10.7. The summed E-state index contributed by atoms with van der Waals surface area (Å²) in [4.78, 5) is 37.4. The van der Waals surface area contributed by atoms with Gasteiger partial charge in [-0.3, -0.25) is 14.4 Å². The number of furan rings is 1. The maximum absolute atomic E-state index is 12.5. The molecule has 9 heteroatoms. The maximum Gasteiger partial charge on any atom is 0.265 e. The number of halogens is 1. The van der Waals surface area contributed by atoms with Crippen molar-refractivity contribution >= 4 is 46.3 Å². The molecule has 0 saturated carbocycles. The molecular weight excluding hydrogens is 414 g/mol. The summed E-state index contributed by atoms with van der Waals surface area (Å²) in [7, 11) is 0. The van der Waals surface area contributed by atoms with Crippen molar-refractivity contribution in [3.8, 4) is 0 Å². The predicted octanol–water partition coefficient (Wildman–Crippen LogP) is 3.68. The second kappa shape index (κ2) is 9.40. The van der Waals surface area contributed by atoms with Gasteiger partial charge in [-0.05, 0) is 48.7 Å². The Hall–Kier alpha value is -3.10. The molecule has 0 aliphatic carbocycles. The van der Waals surface area contributed by atoms with Crippen molar-refractivity contribution in [3.63, 3.8) is 0 Å². The minimum Gasteiger partial charge on any atom is -0.467 e. The fourth-order valence-electron chi connectivity index (χ4n) is 2.44. The summed E-state index contributed by atoms with van der Waals surface area (Å²) in [6.07, 6.45) is 1.52. The van der Waals surface area contributed by atoms with Gasteiger partial charge in [0.2, 0.25) is 5.91 Å². The van der Waals surface area contributed by atoms with Gasteiger partial charge in [-0.1, -0.05) is 17.7 Å². The Bertz CT molecular complexity index is 1000. The van der Waals surface area contributed by atoms with Gasteiger partial charge >= 0.3 is 0 Å². The molecule has 2 aromatic heterocycles. The summed E-state index contributed by atoms with van der Waals surface area (Å²) in [5.74, 6) is -0.519. The van der Waals surface area contributed by atoms with Crippen LogP contribution in [0.1, 0.15) is 32.7 Å². The molecule has 0 radical (unpaired) electrons. The molecular formula is C20H18ClN3O4S. The molecule has 3 N–H and O–H groups in total. The van der Waals surface area contributed by atoms with Crippen molar-refractivity contribution in [2.45, 2.75) is 19.5 Å². The maximum atomic E-state index is 12.5. The van der Waals surface area contributed by atoms with Crippen LogP contribution >= 0.6 is 22.9 Å². The molecule has 0 aliphatic rings. The number of rotatable bonds is 7. The van der Waals surface area contributed by atoms with Crippen molar-refractivity contribution in [1.82, 2.24) is 10.6 Å². The Kier molecular flexibility index (Phi) is 6.69. The first-order valence-corrected chi connectivity index (χ1v) is 9.95. The van der Waals surface area contributed by atoms with Crippen LogP contribution in [0.3, 0.4) is 0 Å². The van der Waals surface area contributed by atoms with E-state index in [1.807, 2.05) is 0 Å². The van der Waals surface area contributed by atoms with Gasteiger partial charge in [0.05, 0.1) is 28.4 Å². The van der Waals surface area contributed by atoms with E-state index in [4.69, 9.17) is 16.0 Å². The fraction of sp³-hybridized carbons (Fsp3) is 0.150. The molecule has 29 heavy (non-hydrogen) atoms. The van der Waals surface area contributed by atoms with Crippen LogP contribution in [0.5, 0.6) is 0 Å². The van der Waals surface area contributed by atoms with Gasteiger partial charge in [0.25, 0.3) is 11.8 Å². The molecule has 3 rings (SSSR count). The highest BCUT2D eigenvalue weighted by Crippen LogP contribution is 2.24. The molecule has 0 fully saturated rings. The minimum absolute atomic E-state index is 0.228. The number of amides is 3. The topological polar surface area (TPSA) is 100 Å². The smallest absolute Gasteiger partial charge is 0.265 e. The Morgan fingerprint density at radius 1 is 1.14 bits per heavy atom. The number of carbonyl (C=O) groups excluding carboxylic acids is 3. The lowest BCUT2D eigenvalue weighted by atomic mass is 10.1. The highest BCUT2D eigenvalue weighted by atomic mass is 35.5. The number of nitrogens with one attached hydrogen (secondary N) is 3. The van der Waals surface area contributed by atoms with E-state index in [0.29, 0.717) is 21.3 Å². The zero-order valence-corrected chi connectivity index (χ0v) is 17.0. The van der Waals surface area contributed by atoms with Gasteiger partial charge in [0.1, 0.15) is 11.8 Å². The van der Waals surface area contributed by atoms with Crippen LogP contribution < -0.4 is 16.0 Å². The van der Waals surface area contributed by atoms with Crippen LogP contribution in [0.15, 0.2) is 58.5 Å². The Morgan fingerprint density at radius 3 is 2.66 bits per heavy atom. The van der Waals surface area contributed by atoms with Crippen molar-refractivity contribution in [2.24, 2.45) is 0 Å². The third-order valence-corrected chi connectivity index (χ3v) is 5.18. The molecule has 0 aliphatic heterocycles. The SMILES string of the molecule is CC(NC(=O)c1ccc(Cl)c(NC(=O)c2cccs2)c1)C(=O)NCc1ccco1. The average molecular weight is 432 g/mol. The molecule has 2 heterocycles. The van der Waals surface area contributed by atoms with Gasteiger partial charge in [-0.15, -0.1) is 11.3 Å².